The number of hydrogen-bond acceptors (Lipinski definition) is 8. The Kier molecular flexibility index (Phi) is 3.58. The second-order valence-electron chi connectivity index (χ2n) is 4.22. The molecule has 0 aliphatic carbocycles. The van der Waals surface area contributed by atoms with Gasteiger partial charge in [-0.2, -0.15) is 4.98 Å². The van der Waals surface area contributed by atoms with Crippen LogP contribution in [0.15, 0.2) is 21.1 Å². The van der Waals surface area contributed by atoms with Crippen LogP contribution in [0.4, 0.5) is 5.88 Å². The summed E-state index contributed by atoms with van der Waals surface area (Å²) in [5.41, 5.74) is 5.88. The monoisotopic (exact) mass is 267 g/mol. The summed E-state index contributed by atoms with van der Waals surface area (Å²) in [6.07, 6.45) is 0. The molecule has 0 saturated carbocycles. The number of likely N-dealkylation sites (N-methyl/N-ethyl adjacent to an activating group) is 1. The van der Waals surface area contributed by atoms with Crippen LogP contribution >= 0.6 is 0 Å². The summed E-state index contributed by atoms with van der Waals surface area (Å²) in [4.78, 5) is 15.8. The zero-order valence-electron chi connectivity index (χ0n) is 10.4. The van der Waals surface area contributed by atoms with Crippen molar-refractivity contribution in [1.29, 1.82) is 0 Å². The molecule has 2 aromatic rings. The van der Waals surface area contributed by atoms with E-state index in [2.05, 4.69) is 10.1 Å². The van der Waals surface area contributed by atoms with Gasteiger partial charge in [0.15, 0.2) is 11.6 Å². The molecule has 9 nitrogen and oxygen atoms in total. The van der Waals surface area contributed by atoms with Crippen LogP contribution < -0.4 is 5.73 Å². The van der Waals surface area contributed by atoms with Crippen molar-refractivity contribution in [2.24, 2.45) is 5.73 Å². The third-order valence-electron chi connectivity index (χ3n) is 2.32. The number of nitro groups is 1. The molecule has 2 aromatic heterocycles. The summed E-state index contributed by atoms with van der Waals surface area (Å²) < 4.78 is 9.93. The third-order valence-corrected chi connectivity index (χ3v) is 2.32. The lowest BCUT2D eigenvalue weighted by Crippen LogP contribution is -2.26. The number of nitrogens with two attached hydrogens (primary N) is 1. The summed E-state index contributed by atoms with van der Waals surface area (Å²) in [5, 5.41) is 14.2. The predicted molar refractivity (Wildman–Crippen MR) is 64.1 cm³/mol. The van der Waals surface area contributed by atoms with Crippen LogP contribution in [0.3, 0.4) is 0 Å². The molecule has 2 N–H and O–H groups in total. The van der Waals surface area contributed by atoms with Gasteiger partial charge in [-0.15, -0.1) is 0 Å². The fourth-order valence-electron chi connectivity index (χ4n) is 1.50. The van der Waals surface area contributed by atoms with Gasteiger partial charge in [-0.05, 0) is 20.2 Å². The maximum Gasteiger partial charge on any atom is 0.433 e. The first kappa shape index (κ1) is 13.2. The van der Waals surface area contributed by atoms with Crippen molar-refractivity contribution >= 4 is 5.88 Å². The number of hydrogen-bond donors (Lipinski definition) is 1. The molecule has 1 unspecified atom stereocenters. The average molecular weight is 267 g/mol. The molecule has 0 aliphatic rings. The molecule has 1 atom stereocenters. The summed E-state index contributed by atoms with van der Waals surface area (Å²) in [6.45, 7) is 0.553. The normalized spacial score (nSPS) is 12.8. The van der Waals surface area contributed by atoms with Crippen molar-refractivity contribution in [3.8, 4) is 11.7 Å². The topological polar surface area (TPSA) is 124 Å². The van der Waals surface area contributed by atoms with E-state index in [9.17, 15) is 10.1 Å². The molecule has 0 radical (unpaired) electrons. The third kappa shape index (κ3) is 2.95. The zero-order chi connectivity index (χ0) is 14.0. The molecule has 2 rings (SSSR count). The fraction of sp³-hybridized carbons (Fsp3) is 0.400. The first-order valence-electron chi connectivity index (χ1n) is 5.46. The first-order chi connectivity index (χ1) is 8.97. The SMILES string of the molecule is CN(C)CC(N)c1noc(-c2ccc([N+](=O)[O-])o2)n1. The van der Waals surface area contributed by atoms with Gasteiger partial charge in [-0.3, -0.25) is 10.1 Å². The Morgan fingerprint density at radius 2 is 2.26 bits per heavy atom. The van der Waals surface area contributed by atoms with Gasteiger partial charge in [-0.25, -0.2) is 0 Å². The Bertz CT molecular complexity index is 576. The van der Waals surface area contributed by atoms with Crippen LogP contribution in [-0.2, 0) is 0 Å². The van der Waals surface area contributed by atoms with E-state index in [1.54, 1.807) is 0 Å². The second-order valence-corrected chi connectivity index (χ2v) is 4.22. The molecule has 0 aromatic carbocycles. The molecule has 19 heavy (non-hydrogen) atoms. The standard InChI is InChI=1S/C10H13N5O4/c1-14(2)5-6(11)9-12-10(19-13-9)7-3-4-8(18-7)15(16)17/h3-4,6H,5,11H2,1-2H3. The minimum atomic E-state index is -0.640. The summed E-state index contributed by atoms with van der Waals surface area (Å²) in [6, 6.07) is 2.21. The Hall–Kier alpha value is -2.26. The van der Waals surface area contributed by atoms with E-state index in [4.69, 9.17) is 14.7 Å². The van der Waals surface area contributed by atoms with Gasteiger partial charge in [0.25, 0.3) is 5.89 Å². The molecular formula is C10H13N5O4. The lowest BCUT2D eigenvalue weighted by molar-refractivity contribution is -0.401. The largest absolute Gasteiger partial charge is 0.433 e. The lowest BCUT2D eigenvalue weighted by Gasteiger charge is -2.12. The van der Waals surface area contributed by atoms with Gasteiger partial charge in [0, 0.05) is 6.54 Å². The molecule has 9 heteroatoms. The maximum absolute atomic E-state index is 10.5. The van der Waals surface area contributed by atoms with Gasteiger partial charge in [0.05, 0.1) is 12.1 Å². The lowest BCUT2D eigenvalue weighted by atomic mass is 10.3. The zero-order valence-corrected chi connectivity index (χ0v) is 10.4. The highest BCUT2D eigenvalue weighted by molar-refractivity contribution is 5.46. The van der Waals surface area contributed by atoms with E-state index in [1.807, 2.05) is 19.0 Å². The van der Waals surface area contributed by atoms with E-state index in [0.29, 0.717) is 12.4 Å². The van der Waals surface area contributed by atoms with Gasteiger partial charge in [0.2, 0.25) is 0 Å². The predicted octanol–water partition coefficient (Wildman–Crippen LogP) is 0.799. The fourth-order valence-corrected chi connectivity index (χ4v) is 1.50. The van der Waals surface area contributed by atoms with Gasteiger partial charge in [-0.1, -0.05) is 5.16 Å². The minimum absolute atomic E-state index is 0.0670. The molecule has 2 heterocycles. The number of aromatic nitrogens is 2. The first-order valence-corrected chi connectivity index (χ1v) is 5.46. The van der Waals surface area contributed by atoms with Crippen molar-refractivity contribution < 1.29 is 13.9 Å². The Morgan fingerprint density at radius 3 is 2.84 bits per heavy atom. The summed E-state index contributed by atoms with van der Waals surface area (Å²) in [5.74, 6) is 0.148. The van der Waals surface area contributed by atoms with Crippen LogP contribution in [0.1, 0.15) is 11.9 Å². The maximum atomic E-state index is 10.5. The molecule has 0 amide bonds. The molecule has 0 bridgehead atoms. The highest BCUT2D eigenvalue weighted by atomic mass is 16.6. The van der Waals surface area contributed by atoms with Crippen LogP contribution in [0.2, 0.25) is 0 Å². The van der Waals surface area contributed by atoms with Gasteiger partial charge in [0.1, 0.15) is 4.92 Å². The molecule has 102 valence electrons. The van der Waals surface area contributed by atoms with E-state index in [1.165, 1.54) is 12.1 Å². The van der Waals surface area contributed by atoms with Gasteiger partial charge < -0.3 is 19.6 Å². The molecule has 0 spiro atoms. The Balaban J connectivity index is 2.18. The van der Waals surface area contributed by atoms with E-state index in [-0.39, 0.29) is 17.5 Å². The van der Waals surface area contributed by atoms with E-state index in [0.717, 1.165) is 0 Å². The van der Waals surface area contributed by atoms with E-state index < -0.39 is 11.0 Å². The number of rotatable bonds is 5. The Morgan fingerprint density at radius 1 is 1.53 bits per heavy atom. The van der Waals surface area contributed by atoms with Crippen molar-refractivity contribution in [3.63, 3.8) is 0 Å². The van der Waals surface area contributed by atoms with Crippen molar-refractivity contribution in [3.05, 3.63) is 28.1 Å². The van der Waals surface area contributed by atoms with Crippen LogP contribution in [0, 0.1) is 10.1 Å². The van der Waals surface area contributed by atoms with E-state index >= 15 is 0 Å². The van der Waals surface area contributed by atoms with Crippen LogP contribution in [0.5, 0.6) is 0 Å². The van der Waals surface area contributed by atoms with Crippen molar-refractivity contribution in [2.75, 3.05) is 20.6 Å². The number of nitrogens with zero attached hydrogens (tertiary/aromatic N) is 4. The minimum Gasteiger partial charge on any atom is -0.395 e. The quantitative estimate of drug-likeness (QED) is 0.622. The molecule has 0 saturated heterocycles. The van der Waals surface area contributed by atoms with Gasteiger partial charge >= 0.3 is 5.88 Å². The highest BCUT2D eigenvalue weighted by Gasteiger charge is 2.20. The highest BCUT2D eigenvalue weighted by Crippen LogP contribution is 2.25. The van der Waals surface area contributed by atoms with Crippen molar-refractivity contribution in [1.82, 2.24) is 15.0 Å². The van der Waals surface area contributed by atoms with Crippen LogP contribution in [-0.4, -0.2) is 40.6 Å². The molecular weight excluding hydrogens is 254 g/mol. The molecule has 0 aliphatic heterocycles. The summed E-state index contributed by atoms with van der Waals surface area (Å²) >= 11 is 0. The van der Waals surface area contributed by atoms with Crippen LogP contribution in [0.25, 0.3) is 11.7 Å². The Labute approximate surface area is 108 Å². The smallest absolute Gasteiger partial charge is 0.395 e. The molecule has 0 fully saturated rings. The van der Waals surface area contributed by atoms with Crippen molar-refractivity contribution in [2.45, 2.75) is 6.04 Å². The summed E-state index contributed by atoms with van der Waals surface area (Å²) in [7, 11) is 3.74. The average Bonchev–Trinajstić information content (AvgIpc) is 2.97. The number of furan rings is 1. The second kappa shape index (κ2) is 5.16.